The summed E-state index contributed by atoms with van der Waals surface area (Å²) in [6.45, 7) is 6.29. The second-order valence-electron chi connectivity index (χ2n) is 6.08. The van der Waals surface area contributed by atoms with Crippen LogP contribution in [-0.4, -0.2) is 29.2 Å². The Hall–Kier alpha value is -1.66. The van der Waals surface area contributed by atoms with Crippen LogP contribution in [0.1, 0.15) is 39.2 Å². The molecule has 2 rings (SSSR count). The van der Waals surface area contributed by atoms with Gasteiger partial charge in [0.1, 0.15) is 5.60 Å². The summed E-state index contributed by atoms with van der Waals surface area (Å²) in [5.41, 5.74) is 0.302. The highest BCUT2D eigenvalue weighted by molar-refractivity contribution is 6.31. The first-order chi connectivity index (χ1) is 9.87. The third kappa shape index (κ3) is 4.41. The van der Waals surface area contributed by atoms with Gasteiger partial charge in [0.25, 0.3) is 0 Å². The number of hydrogen-bond donors (Lipinski definition) is 0. The van der Waals surface area contributed by atoms with Crippen LogP contribution in [0.25, 0.3) is 0 Å². The Morgan fingerprint density at radius 3 is 2.76 bits per heavy atom. The predicted octanol–water partition coefficient (Wildman–Crippen LogP) is 4.09. The van der Waals surface area contributed by atoms with Gasteiger partial charge in [0.15, 0.2) is 0 Å². The molecule has 4 heteroatoms. The molecule has 21 heavy (non-hydrogen) atoms. The zero-order chi connectivity index (χ0) is 15.5. The van der Waals surface area contributed by atoms with Crippen LogP contribution in [0.3, 0.4) is 0 Å². The Morgan fingerprint density at radius 2 is 2.10 bits per heavy atom. The Morgan fingerprint density at radius 1 is 1.38 bits per heavy atom. The highest BCUT2D eigenvalue weighted by Gasteiger charge is 2.31. The molecule has 0 aromatic heterocycles. The number of carbonyl (C=O) groups is 1. The number of likely N-dealkylation sites (tertiary alicyclic amines) is 1. The molecule has 1 aromatic carbocycles. The van der Waals surface area contributed by atoms with Crippen molar-refractivity contribution in [1.29, 1.82) is 0 Å². The summed E-state index contributed by atoms with van der Waals surface area (Å²) < 4.78 is 5.42. The highest BCUT2D eigenvalue weighted by Crippen LogP contribution is 2.21. The van der Waals surface area contributed by atoms with Crippen molar-refractivity contribution in [3.63, 3.8) is 0 Å². The van der Waals surface area contributed by atoms with Gasteiger partial charge in [-0.15, -0.1) is 0 Å². The predicted molar refractivity (Wildman–Crippen MR) is 84.3 cm³/mol. The molecule has 1 aliphatic heterocycles. The van der Waals surface area contributed by atoms with Crippen molar-refractivity contribution in [2.75, 3.05) is 6.54 Å². The lowest BCUT2D eigenvalue weighted by atomic mass is 10.2. The van der Waals surface area contributed by atoms with Gasteiger partial charge in [0.2, 0.25) is 0 Å². The lowest BCUT2D eigenvalue weighted by Gasteiger charge is -2.26. The maximum absolute atomic E-state index is 12.2. The lowest BCUT2D eigenvalue weighted by Crippen LogP contribution is -2.39. The zero-order valence-corrected chi connectivity index (χ0v) is 13.4. The van der Waals surface area contributed by atoms with E-state index in [4.69, 9.17) is 16.3 Å². The van der Waals surface area contributed by atoms with Crippen LogP contribution in [0.15, 0.2) is 24.3 Å². The third-order valence-corrected chi connectivity index (χ3v) is 3.46. The average molecular weight is 306 g/mol. The molecule has 1 heterocycles. The summed E-state index contributed by atoms with van der Waals surface area (Å²) in [6.07, 6.45) is 1.52. The molecule has 1 aromatic rings. The van der Waals surface area contributed by atoms with Crippen molar-refractivity contribution in [1.82, 2.24) is 4.90 Å². The van der Waals surface area contributed by atoms with E-state index in [0.29, 0.717) is 11.6 Å². The molecule has 1 unspecified atom stereocenters. The van der Waals surface area contributed by atoms with Crippen molar-refractivity contribution in [2.45, 2.75) is 45.3 Å². The number of nitrogens with zero attached hydrogens (tertiary/aromatic N) is 1. The number of amides is 1. The van der Waals surface area contributed by atoms with Crippen LogP contribution in [0.5, 0.6) is 0 Å². The molecular weight excluding hydrogens is 286 g/mol. The normalized spacial score (nSPS) is 18.1. The Balaban J connectivity index is 2.10. The maximum atomic E-state index is 12.2. The number of rotatable bonds is 0. The minimum Gasteiger partial charge on any atom is -0.444 e. The van der Waals surface area contributed by atoms with Crippen LogP contribution >= 0.6 is 11.6 Å². The summed E-state index contributed by atoms with van der Waals surface area (Å²) in [7, 11) is 0. The molecule has 0 radical (unpaired) electrons. The second-order valence-corrected chi connectivity index (χ2v) is 6.49. The Bertz CT molecular complexity index is 580. The van der Waals surface area contributed by atoms with Gasteiger partial charge in [-0.1, -0.05) is 35.6 Å². The van der Waals surface area contributed by atoms with Crippen molar-refractivity contribution >= 4 is 17.7 Å². The van der Waals surface area contributed by atoms with E-state index in [1.54, 1.807) is 4.90 Å². The largest absolute Gasteiger partial charge is 0.444 e. The van der Waals surface area contributed by atoms with E-state index in [-0.39, 0.29) is 12.1 Å². The summed E-state index contributed by atoms with van der Waals surface area (Å²) in [6, 6.07) is 7.36. The number of halogens is 1. The minimum atomic E-state index is -0.486. The van der Waals surface area contributed by atoms with Crippen LogP contribution in [0.2, 0.25) is 5.02 Å². The van der Waals surface area contributed by atoms with Crippen molar-refractivity contribution in [2.24, 2.45) is 0 Å². The van der Waals surface area contributed by atoms with Crippen molar-refractivity contribution in [3.8, 4) is 11.8 Å². The topological polar surface area (TPSA) is 29.5 Å². The summed E-state index contributed by atoms with van der Waals surface area (Å²) in [5.74, 6) is 6.22. The number of ether oxygens (including phenoxy) is 1. The number of benzene rings is 1. The SMILES string of the molecule is CC(C)(C)OC(=O)N1CCCC1C#Cc1ccccc1Cl. The number of carbonyl (C=O) groups excluding carboxylic acids is 1. The van der Waals surface area contributed by atoms with Gasteiger partial charge in [-0.3, -0.25) is 4.90 Å². The fraction of sp³-hybridized carbons (Fsp3) is 0.471. The molecule has 0 aliphatic carbocycles. The van der Waals surface area contributed by atoms with Crippen molar-refractivity contribution in [3.05, 3.63) is 34.9 Å². The highest BCUT2D eigenvalue weighted by atomic mass is 35.5. The molecule has 112 valence electrons. The minimum absolute atomic E-state index is 0.101. The van der Waals surface area contributed by atoms with Crippen LogP contribution in [-0.2, 0) is 4.74 Å². The fourth-order valence-electron chi connectivity index (χ4n) is 2.18. The molecule has 0 N–H and O–H groups in total. The third-order valence-electron chi connectivity index (χ3n) is 3.13. The van der Waals surface area contributed by atoms with E-state index in [1.807, 2.05) is 45.0 Å². The van der Waals surface area contributed by atoms with E-state index in [0.717, 1.165) is 18.4 Å². The first kappa shape index (κ1) is 15.7. The molecule has 1 saturated heterocycles. The smallest absolute Gasteiger partial charge is 0.411 e. The first-order valence-electron chi connectivity index (χ1n) is 7.12. The molecule has 3 nitrogen and oxygen atoms in total. The quantitative estimate of drug-likeness (QED) is 0.676. The average Bonchev–Trinajstić information content (AvgIpc) is 2.84. The van der Waals surface area contributed by atoms with E-state index in [1.165, 1.54) is 0 Å². The van der Waals surface area contributed by atoms with Gasteiger partial charge < -0.3 is 4.74 Å². The molecule has 0 spiro atoms. The molecule has 0 bridgehead atoms. The van der Waals surface area contributed by atoms with E-state index in [9.17, 15) is 4.79 Å². The maximum Gasteiger partial charge on any atom is 0.411 e. The molecule has 1 aliphatic rings. The van der Waals surface area contributed by atoms with Crippen LogP contribution in [0, 0.1) is 11.8 Å². The standard InChI is InChI=1S/C17H20ClNO2/c1-17(2,3)21-16(20)19-12-6-8-14(19)11-10-13-7-4-5-9-15(13)18/h4-5,7,9,14H,6,8,12H2,1-3H3. The number of hydrogen-bond acceptors (Lipinski definition) is 2. The fourth-order valence-corrected chi connectivity index (χ4v) is 2.36. The molecule has 1 atom stereocenters. The Labute approximate surface area is 131 Å². The zero-order valence-electron chi connectivity index (χ0n) is 12.6. The molecular formula is C17H20ClNO2. The van der Waals surface area contributed by atoms with Gasteiger partial charge in [-0.25, -0.2) is 4.79 Å². The van der Waals surface area contributed by atoms with Crippen LogP contribution in [0.4, 0.5) is 4.79 Å². The van der Waals surface area contributed by atoms with E-state index < -0.39 is 5.60 Å². The van der Waals surface area contributed by atoms with Gasteiger partial charge in [-0.2, -0.15) is 0 Å². The molecule has 0 saturated carbocycles. The molecule has 1 fully saturated rings. The monoisotopic (exact) mass is 305 g/mol. The second kappa shape index (κ2) is 6.41. The lowest BCUT2D eigenvalue weighted by molar-refractivity contribution is 0.0261. The van der Waals surface area contributed by atoms with Gasteiger partial charge >= 0.3 is 6.09 Å². The summed E-state index contributed by atoms with van der Waals surface area (Å²) >= 11 is 6.09. The molecule has 1 amide bonds. The van der Waals surface area contributed by atoms with Gasteiger partial charge in [0.05, 0.1) is 11.1 Å². The summed E-state index contributed by atoms with van der Waals surface area (Å²) in [4.78, 5) is 13.9. The summed E-state index contributed by atoms with van der Waals surface area (Å²) in [5, 5.41) is 0.631. The van der Waals surface area contributed by atoms with Crippen molar-refractivity contribution < 1.29 is 9.53 Å². The Kier molecular flexibility index (Phi) is 4.80. The van der Waals surface area contributed by atoms with E-state index in [2.05, 4.69) is 11.8 Å². The van der Waals surface area contributed by atoms with Gasteiger partial charge in [-0.05, 0) is 45.7 Å². The van der Waals surface area contributed by atoms with Crippen LogP contribution < -0.4 is 0 Å². The van der Waals surface area contributed by atoms with Gasteiger partial charge in [0, 0.05) is 12.1 Å². The van der Waals surface area contributed by atoms with E-state index >= 15 is 0 Å². The first-order valence-corrected chi connectivity index (χ1v) is 7.50.